The number of pyridine rings is 1. The van der Waals surface area contributed by atoms with Gasteiger partial charge in [0.15, 0.2) is 5.58 Å². The summed E-state index contributed by atoms with van der Waals surface area (Å²) in [5.74, 6) is 0.937. The first-order valence-corrected chi connectivity index (χ1v) is 12.3. The van der Waals surface area contributed by atoms with Crippen LogP contribution < -0.4 is 10.2 Å². The minimum atomic E-state index is 0.666. The van der Waals surface area contributed by atoms with E-state index in [0.29, 0.717) is 6.54 Å². The zero-order valence-electron chi connectivity index (χ0n) is 19.8. The van der Waals surface area contributed by atoms with Gasteiger partial charge in [0.1, 0.15) is 22.4 Å². The highest BCUT2D eigenvalue weighted by Gasteiger charge is 2.25. The van der Waals surface area contributed by atoms with Crippen LogP contribution >= 0.6 is 0 Å². The molecule has 0 radical (unpaired) electrons. The first kappa shape index (κ1) is 20.2. The molecule has 37 heavy (non-hydrogen) atoms. The first-order chi connectivity index (χ1) is 18.3. The van der Waals surface area contributed by atoms with Crippen LogP contribution in [-0.4, -0.2) is 4.98 Å². The Morgan fingerprint density at radius 2 is 1.62 bits per heavy atom. The fourth-order valence-electron chi connectivity index (χ4n) is 5.48. The maximum absolute atomic E-state index is 6.45. The lowest BCUT2D eigenvalue weighted by Crippen LogP contribution is -2.12. The zero-order valence-corrected chi connectivity index (χ0v) is 19.8. The molecule has 4 aromatic carbocycles. The van der Waals surface area contributed by atoms with E-state index in [9.17, 15) is 0 Å². The number of hydrogen-bond donors (Lipinski definition) is 1. The Balaban J connectivity index is 1.48. The number of benzene rings is 4. The third kappa shape index (κ3) is 3.01. The number of anilines is 3. The van der Waals surface area contributed by atoms with Crippen molar-refractivity contribution in [2.24, 2.45) is 0 Å². The van der Waals surface area contributed by atoms with E-state index in [1.807, 2.05) is 42.7 Å². The molecule has 0 bridgehead atoms. The molecule has 5 nitrogen and oxygen atoms in total. The number of furan rings is 2. The van der Waals surface area contributed by atoms with Gasteiger partial charge in [-0.2, -0.15) is 0 Å². The van der Waals surface area contributed by atoms with Crippen LogP contribution in [0.3, 0.4) is 0 Å². The van der Waals surface area contributed by atoms with Crippen molar-refractivity contribution in [1.29, 1.82) is 0 Å². The Bertz CT molecular complexity index is 2010. The van der Waals surface area contributed by atoms with E-state index < -0.39 is 0 Å². The molecule has 0 unspecified atom stereocenters. The van der Waals surface area contributed by atoms with Crippen LogP contribution in [0.1, 0.15) is 11.3 Å². The van der Waals surface area contributed by atoms with Crippen LogP contribution in [0.5, 0.6) is 0 Å². The van der Waals surface area contributed by atoms with Crippen LogP contribution in [-0.2, 0) is 6.54 Å². The third-order valence-electron chi connectivity index (χ3n) is 7.15. The second kappa shape index (κ2) is 7.73. The molecule has 1 N–H and O–H groups in total. The highest BCUT2D eigenvalue weighted by atomic mass is 16.3. The molecule has 0 aliphatic carbocycles. The Morgan fingerprint density at radius 1 is 0.757 bits per heavy atom. The van der Waals surface area contributed by atoms with E-state index in [4.69, 9.17) is 13.8 Å². The summed E-state index contributed by atoms with van der Waals surface area (Å²) in [5, 5.41) is 7.71. The van der Waals surface area contributed by atoms with Gasteiger partial charge in [-0.05, 0) is 65.5 Å². The summed E-state index contributed by atoms with van der Waals surface area (Å²) in [4.78, 5) is 6.98. The summed E-state index contributed by atoms with van der Waals surface area (Å²) in [5.41, 5.74) is 7.37. The highest BCUT2D eigenvalue weighted by molar-refractivity contribution is 6.10. The Hall–Kier alpha value is -5.03. The van der Waals surface area contributed by atoms with Gasteiger partial charge in [-0.15, -0.1) is 0 Å². The van der Waals surface area contributed by atoms with Crippen molar-refractivity contribution in [3.05, 3.63) is 115 Å². The second-order valence-corrected chi connectivity index (χ2v) is 9.28. The topological polar surface area (TPSA) is 54.4 Å². The van der Waals surface area contributed by atoms with Gasteiger partial charge < -0.3 is 19.1 Å². The van der Waals surface area contributed by atoms with Crippen LogP contribution in [0.15, 0.2) is 112 Å². The predicted octanol–water partition coefficient (Wildman–Crippen LogP) is 8.42. The lowest BCUT2D eigenvalue weighted by atomic mass is 10.0. The average molecular weight is 480 g/mol. The number of aromatic nitrogens is 1. The van der Waals surface area contributed by atoms with Crippen molar-refractivity contribution in [1.82, 2.24) is 10.3 Å². The van der Waals surface area contributed by atoms with E-state index >= 15 is 0 Å². The predicted molar refractivity (Wildman–Crippen MR) is 149 cm³/mol. The van der Waals surface area contributed by atoms with E-state index in [1.165, 1.54) is 10.8 Å². The SMILES string of the molecule is C1=Cc2c(oc3cccc(N(c4ccc5ccccc5c4)c4ccnc5c4oc4ccccc45)c23)CN1. The van der Waals surface area contributed by atoms with E-state index in [1.54, 1.807) is 0 Å². The van der Waals surface area contributed by atoms with Gasteiger partial charge in [-0.3, -0.25) is 4.98 Å². The van der Waals surface area contributed by atoms with Gasteiger partial charge in [0.25, 0.3) is 0 Å². The van der Waals surface area contributed by atoms with Crippen molar-refractivity contribution in [2.45, 2.75) is 6.54 Å². The van der Waals surface area contributed by atoms with E-state index in [0.717, 1.165) is 61.4 Å². The van der Waals surface area contributed by atoms with Crippen LogP contribution in [0.4, 0.5) is 17.1 Å². The molecule has 8 rings (SSSR count). The van der Waals surface area contributed by atoms with Gasteiger partial charge in [-0.25, -0.2) is 0 Å². The molecule has 3 aromatic heterocycles. The standard InChI is InChI=1S/C32H21N3O2/c1-2-7-21-18-22(13-12-20(21)6-1)35(25-9-5-11-28-30(25)23-14-16-33-19-29(23)36-28)26-15-17-34-31-24-8-3-4-10-27(24)37-32(26)31/h1-18,33H,19H2. The van der Waals surface area contributed by atoms with Gasteiger partial charge in [-0.1, -0.05) is 48.5 Å². The van der Waals surface area contributed by atoms with E-state index in [-0.39, 0.29) is 0 Å². The smallest absolute Gasteiger partial charge is 0.177 e. The summed E-state index contributed by atoms with van der Waals surface area (Å²) in [7, 11) is 0. The molecule has 0 saturated carbocycles. The molecule has 176 valence electrons. The lowest BCUT2D eigenvalue weighted by molar-refractivity contribution is 0.532. The molecule has 0 amide bonds. The molecule has 1 aliphatic heterocycles. The average Bonchev–Trinajstić information content (AvgIpc) is 3.52. The molecule has 0 fully saturated rings. The maximum Gasteiger partial charge on any atom is 0.177 e. The summed E-state index contributed by atoms with van der Waals surface area (Å²) in [6.07, 6.45) is 5.94. The van der Waals surface area contributed by atoms with Crippen molar-refractivity contribution >= 4 is 66.9 Å². The van der Waals surface area contributed by atoms with Gasteiger partial charge in [0.05, 0.1) is 23.3 Å². The van der Waals surface area contributed by atoms with Crippen molar-refractivity contribution in [2.75, 3.05) is 4.90 Å². The number of nitrogens with one attached hydrogen (secondary N) is 1. The molecule has 0 saturated heterocycles. The minimum Gasteiger partial charge on any atom is -0.458 e. The fourth-order valence-corrected chi connectivity index (χ4v) is 5.48. The Morgan fingerprint density at radius 3 is 2.59 bits per heavy atom. The largest absolute Gasteiger partial charge is 0.458 e. The second-order valence-electron chi connectivity index (χ2n) is 9.28. The number of nitrogens with zero attached hydrogens (tertiary/aromatic N) is 2. The van der Waals surface area contributed by atoms with Crippen LogP contribution in [0.25, 0.3) is 49.9 Å². The highest BCUT2D eigenvalue weighted by Crippen LogP contribution is 2.46. The molecular formula is C32H21N3O2. The number of hydrogen-bond acceptors (Lipinski definition) is 5. The van der Waals surface area contributed by atoms with Crippen molar-refractivity contribution in [3.8, 4) is 0 Å². The number of rotatable bonds is 3. The minimum absolute atomic E-state index is 0.666. The van der Waals surface area contributed by atoms with E-state index in [2.05, 4.69) is 77.0 Å². The Labute approximate surface area is 212 Å². The van der Waals surface area contributed by atoms with Crippen LogP contribution in [0, 0.1) is 0 Å². The molecule has 5 heteroatoms. The molecule has 0 spiro atoms. The normalized spacial score (nSPS) is 12.9. The quantitative estimate of drug-likeness (QED) is 0.276. The van der Waals surface area contributed by atoms with Gasteiger partial charge >= 0.3 is 0 Å². The van der Waals surface area contributed by atoms with Crippen molar-refractivity contribution < 1.29 is 8.83 Å². The van der Waals surface area contributed by atoms with Gasteiger partial charge in [0.2, 0.25) is 0 Å². The summed E-state index contributed by atoms with van der Waals surface area (Å²) in [6, 6.07) is 31.3. The zero-order chi connectivity index (χ0) is 24.3. The molecule has 7 aromatic rings. The number of fused-ring (bicyclic) bond motifs is 7. The monoisotopic (exact) mass is 479 g/mol. The summed E-state index contributed by atoms with van der Waals surface area (Å²) in [6.45, 7) is 0.666. The Kier molecular flexibility index (Phi) is 4.22. The number of para-hydroxylation sites is 1. The maximum atomic E-state index is 6.45. The lowest BCUT2D eigenvalue weighted by Gasteiger charge is -2.26. The molecule has 1 aliphatic rings. The van der Waals surface area contributed by atoms with Crippen molar-refractivity contribution in [3.63, 3.8) is 0 Å². The summed E-state index contributed by atoms with van der Waals surface area (Å²) < 4.78 is 12.7. The first-order valence-electron chi connectivity index (χ1n) is 12.3. The van der Waals surface area contributed by atoms with Crippen LogP contribution in [0.2, 0.25) is 0 Å². The molecular weight excluding hydrogens is 458 g/mol. The third-order valence-corrected chi connectivity index (χ3v) is 7.15. The fraction of sp³-hybridized carbons (Fsp3) is 0.0312. The van der Waals surface area contributed by atoms with Gasteiger partial charge in [0, 0.05) is 22.8 Å². The molecule has 0 atom stereocenters. The summed E-state index contributed by atoms with van der Waals surface area (Å²) >= 11 is 0. The molecule has 4 heterocycles.